The van der Waals surface area contributed by atoms with Crippen LogP contribution in [-0.4, -0.2) is 53.5 Å². The summed E-state index contributed by atoms with van der Waals surface area (Å²) in [5, 5.41) is 14.0. The molecule has 1 aromatic carbocycles. The van der Waals surface area contributed by atoms with Crippen molar-refractivity contribution in [3.05, 3.63) is 29.8 Å². The van der Waals surface area contributed by atoms with Crippen LogP contribution in [0.25, 0.3) is 0 Å². The lowest BCUT2D eigenvalue weighted by Gasteiger charge is -2.36. The first-order valence-electron chi connectivity index (χ1n) is 11.0. The Morgan fingerprint density at radius 3 is 2.65 bits per heavy atom. The van der Waals surface area contributed by atoms with E-state index in [4.69, 9.17) is 11.1 Å². The van der Waals surface area contributed by atoms with E-state index in [1.54, 1.807) is 29.2 Å². The fourth-order valence-corrected chi connectivity index (χ4v) is 4.72. The van der Waals surface area contributed by atoms with Crippen molar-refractivity contribution >= 4 is 29.1 Å². The van der Waals surface area contributed by atoms with E-state index in [0.717, 1.165) is 25.7 Å². The first-order valence-corrected chi connectivity index (χ1v) is 11.0. The smallest absolute Gasteiger partial charge is 0.267 e. The summed E-state index contributed by atoms with van der Waals surface area (Å²) >= 11 is 0. The summed E-state index contributed by atoms with van der Waals surface area (Å²) in [4.78, 5) is 38.8. The number of para-hydroxylation sites is 1. The number of primary amides is 1. The van der Waals surface area contributed by atoms with Crippen LogP contribution in [0, 0.1) is 10.8 Å². The average molecular weight is 428 g/mol. The number of hydrogen-bond acceptors (Lipinski definition) is 5. The third-order valence-corrected chi connectivity index (χ3v) is 6.30. The molecule has 1 aliphatic carbocycles. The average Bonchev–Trinajstić information content (AvgIpc) is 3.21. The van der Waals surface area contributed by atoms with E-state index in [-0.39, 0.29) is 35.5 Å². The van der Waals surface area contributed by atoms with E-state index in [2.05, 4.69) is 24.5 Å². The van der Waals surface area contributed by atoms with Gasteiger partial charge in [-0.2, -0.15) is 0 Å². The molecule has 8 heteroatoms. The molecule has 1 saturated carbocycles. The highest BCUT2D eigenvalue weighted by atomic mass is 16.2. The van der Waals surface area contributed by atoms with E-state index < -0.39 is 11.9 Å². The van der Waals surface area contributed by atoms with Gasteiger partial charge in [-0.15, -0.1) is 0 Å². The molecule has 5 N–H and O–H groups in total. The van der Waals surface area contributed by atoms with Gasteiger partial charge in [0.05, 0.1) is 6.54 Å². The Balaban J connectivity index is 1.60. The van der Waals surface area contributed by atoms with Crippen LogP contribution in [0.1, 0.15) is 57.9 Å². The lowest BCUT2D eigenvalue weighted by Crippen LogP contribution is -2.51. The molecule has 0 spiro atoms. The second kappa shape index (κ2) is 9.49. The quantitative estimate of drug-likeness (QED) is 0.496. The van der Waals surface area contributed by atoms with Gasteiger partial charge in [0.1, 0.15) is 11.8 Å². The molecule has 0 bridgehead atoms. The third-order valence-electron chi connectivity index (χ3n) is 6.30. The highest BCUT2D eigenvalue weighted by Crippen LogP contribution is 2.35. The number of carbonyl (C=O) groups excluding carboxylic acids is 3. The number of carbonyl (C=O) groups is 3. The first kappa shape index (κ1) is 22.8. The van der Waals surface area contributed by atoms with Gasteiger partial charge in [0.25, 0.3) is 5.91 Å². The van der Waals surface area contributed by atoms with Crippen LogP contribution >= 0.6 is 0 Å². The van der Waals surface area contributed by atoms with Crippen molar-refractivity contribution in [1.82, 2.24) is 10.2 Å². The van der Waals surface area contributed by atoms with Crippen molar-refractivity contribution in [2.75, 3.05) is 18.4 Å². The van der Waals surface area contributed by atoms with E-state index in [1.807, 2.05) is 0 Å². The summed E-state index contributed by atoms with van der Waals surface area (Å²) in [7, 11) is 0. The highest BCUT2D eigenvalue weighted by molar-refractivity contribution is 6.44. The van der Waals surface area contributed by atoms with Crippen molar-refractivity contribution in [3.63, 3.8) is 0 Å². The van der Waals surface area contributed by atoms with Gasteiger partial charge in [0.2, 0.25) is 11.8 Å². The van der Waals surface area contributed by atoms with E-state index >= 15 is 0 Å². The summed E-state index contributed by atoms with van der Waals surface area (Å²) in [6.07, 6.45) is 5.69. The molecule has 31 heavy (non-hydrogen) atoms. The fourth-order valence-electron chi connectivity index (χ4n) is 4.72. The molecule has 0 aromatic heterocycles. The van der Waals surface area contributed by atoms with Gasteiger partial charge in [-0.25, -0.2) is 0 Å². The zero-order chi connectivity index (χ0) is 22.6. The van der Waals surface area contributed by atoms with Crippen molar-refractivity contribution < 1.29 is 14.4 Å². The Labute approximate surface area is 183 Å². The summed E-state index contributed by atoms with van der Waals surface area (Å²) < 4.78 is 0. The Morgan fingerprint density at radius 2 is 1.94 bits per heavy atom. The summed E-state index contributed by atoms with van der Waals surface area (Å²) in [5.41, 5.74) is 5.98. The molecule has 8 nitrogen and oxygen atoms in total. The zero-order valence-corrected chi connectivity index (χ0v) is 18.4. The lowest BCUT2D eigenvalue weighted by molar-refractivity contribution is -0.137. The Hall–Kier alpha value is -2.90. The van der Waals surface area contributed by atoms with Crippen LogP contribution in [0.2, 0.25) is 0 Å². The number of amides is 3. The van der Waals surface area contributed by atoms with Crippen LogP contribution in [0.4, 0.5) is 5.69 Å². The molecule has 2 fully saturated rings. The van der Waals surface area contributed by atoms with Gasteiger partial charge in [-0.1, -0.05) is 38.5 Å². The maximum absolute atomic E-state index is 12.9. The number of nitrogens with two attached hydrogens (primary N) is 1. The maximum Gasteiger partial charge on any atom is 0.267 e. The van der Waals surface area contributed by atoms with Crippen LogP contribution in [0.3, 0.4) is 0 Å². The predicted molar refractivity (Wildman–Crippen MR) is 120 cm³/mol. The molecule has 1 heterocycles. The third kappa shape index (κ3) is 5.62. The minimum atomic E-state index is -0.831. The standard InChI is InChI=1S/C23H33N5O3/c1-23(2)11-5-7-15(13-23)27-22(31)18-10-6-12-28(18)19(29)14-26-17-9-4-3-8-16(17)20(24)21(25)30/h3-4,8-9,15,18,24,26H,5-7,10-14H2,1-2H3,(H2,25,30)(H,27,31). The minimum absolute atomic E-state index is 0.0245. The lowest BCUT2D eigenvalue weighted by atomic mass is 9.75. The second-order valence-electron chi connectivity index (χ2n) is 9.35. The largest absolute Gasteiger partial charge is 0.376 e. The molecule has 2 atom stereocenters. The Kier molecular flexibility index (Phi) is 6.97. The maximum atomic E-state index is 12.9. The molecule has 168 valence electrons. The molecule has 2 unspecified atom stereocenters. The van der Waals surface area contributed by atoms with E-state index in [9.17, 15) is 14.4 Å². The number of hydrogen-bond donors (Lipinski definition) is 4. The Morgan fingerprint density at radius 1 is 1.19 bits per heavy atom. The molecule has 1 aliphatic heterocycles. The van der Waals surface area contributed by atoms with Gasteiger partial charge >= 0.3 is 0 Å². The first-order chi connectivity index (χ1) is 14.7. The SMILES string of the molecule is CC1(C)CCCC(NC(=O)C2CCCN2C(=O)CNc2ccccc2C(=N)C(N)=O)C1. The topological polar surface area (TPSA) is 128 Å². The number of benzene rings is 1. The van der Waals surface area contributed by atoms with Crippen molar-refractivity contribution in [2.24, 2.45) is 11.1 Å². The van der Waals surface area contributed by atoms with E-state index in [1.165, 1.54) is 6.42 Å². The van der Waals surface area contributed by atoms with Crippen molar-refractivity contribution in [3.8, 4) is 0 Å². The van der Waals surface area contributed by atoms with Gasteiger partial charge in [0.15, 0.2) is 0 Å². The number of anilines is 1. The minimum Gasteiger partial charge on any atom is -0.376 e. The molecular formula is C23H33N5O3. The van der Waals surface area contributed by atoms with E-state index in [0.29, 0.717) is 24.2 Å². The van der Waals surface area contributed by atoms with Gasteiger partial charge in [-0.3, -0.25) is 19.8 Å². The van der Waals surface area contributed by atoms with Crippen molar-refractivity contribution in [1.29, 1.82) is 5.41 Å². The van der Waals surface area contributed by atoms with Gasteiger partial charge in [-0.05, 0) is 43.6 Å². The number of nitrogens with zero attached hydrogens (tertiary/aromatic N) is 1. The van der Waals surface area contributed by atoms with Crippen LogP contribution in [0.5, 0.6) is 0 Å². The summed E-state index contributed by atoms with van der Waals surface area (Å²) in [6.45, 7) is 4.99. The zero-order valence-electron chi connectivity index (χ0n) is 18.4. The Bertz CT molecular complexity index is 867. The van der Waals surface area contributed by atoms with Crippen molar-refractivity contribution in [2.45, 2.75) is 64.5 Å². The molecule has 3 rings (SSSR count). The predicted octanol–water partition coefficient (Wildman–Crippen LogP) is 2.03. The van der Waals surface area contributed by atoms with Crippen LogP contribution in [0.15, 0.2) is 24.3 Å². The molecule has 1 saturated heterocycles. The van der Waals surface area contributed by atoms with Crippen LogP contribution < -0.4 is 16.4 Å². The molecule has 1 aromatic rings. The van der Waals surface area contributed by atoms with Crippen LogP contribution in [-0.2, 0) is 14.4 Å². The molecule has 2 aliphatic rings. The fraction of sp³-hybridized carbons (Fsp3) is 0.565. The molecule has 3 amide bonds. The molecular weight excluding hydrogens is 394 g/mol. The normalized spacial score (nSPS) is 22.6. The summed E-state index contributed by atoms with van der Waals surface area (Å²) in [5.74, 6) is -1.07. The monoisotopic (exact) mass is 427 g/mol. The molecule has 0 radical (unpaired) electrons. The second-order valence-corrected chi connectivity index (χ2v) is 9.35. The number of nitrogens with one attached hydrogen (secondary N) is 3. The highest BCUT2D eigenvalue weighted by Gasteiger charge is 2.36. The summed E-state index contributed by atoms with van der Waals surface area (Å²) in [6, 6.07) is 6.48. The number of likely N-dealkylation sites (tertiary alicyclic amines) is 1. The van der Waals surface area contributed by atoms with Gasteiger partial charge < -0.3 is 21.3 Å². The number of rotatable bonds is 7. The van der Waals surface area contributed by atoms with Gasteiger partial charge in [0, 0.05) is 23.8 Å².